The van der Waals surface area contributed by atoms with E-state index in [1.807, 2.05) is 31.2 Å². The number of hydrogen-bond acceptors (Lipinski definition) is 5. The lowest BCUT2D eigenvalue weighted by Gasteiger charge is -2.31. The van der Waals surface area contributed by atoms with Gasteiger partial charge in [0.2, 0.25) is 0 Å². The van der Waals surface area contributed by atoms with Gasteiger partial charge in [0.1, 0.15) is 6.04 Å². The largest absolute Gasteiger partial charge is 0.350 e. The first-order chi connectivity index (χ1) is 11.2. The number of aromatic nitrogens is 1. The van der Waals surface area contributed by atoms with Gasteiger partial charge >= 0.3 is 0 Å². The van der Waals surface area contributed by atoms with Crippen molar-refractivity contribution in [1.29, 1.82) is 0 Å². The maximum atomic E-state index is 12.2. The van der Waals surface area contributed by atoms with Gasteiger partial charge in [-0.2, -0.15) is 5.10 Å². The van der Waals surface area contributed by atoms with E-state index in [2.05, 4.69) is 33.0 Å². The second kappa shape index (κ2) is 5.77. The van der Waals surface area contributed by atoms with E-state index >= 15 is 0 Å². The number of benzene rings is 1. The Kier molecular flexibility index (Phi) is 3.61. The van der Waals surface area contributed by atoms with Crippen LogP contribution >= 0.6 is 11.3 Å². The lowest BCUT2D eigenvalue weighted by atomic mass is 9.74. The van der Waals surface area contributed by atoms with Gasteiger partial charge in [-0.05, 0) is 37.8 Å². The molecule has 2 N–H and O–H groups in total. The molecule has 1 saturated carbocycles. The predicted molar refractivity (Wildman–Crippen MR) is 93.6 cm³/mol. The summed E-state index contributed by atoms with van der Waals surface area (Å²) in [6.45, 7) is 1.82. The first-order valence-corrected chi connectivity index (χ1v) is 8.67. The number of carbonyl (C=O) groups excluding carboxylic acids is 1. The summed E-state index contributed by atoms with van der Waals surface area (Å²) in [5.41, 5.74) is 4.74. The van der Waals surface area contributed by atoms with Crippen LogP contribution in [0, 0.1) is 11.8 Å². The first kappa shape index (κ1) is 14.4. The molecule has 2 aliphatic rings. The molecular weight excluding hydrogens is 308 g/mol. The number of allylic oxidation sites excluding steroid dienone is 2. The summed E-state index contributed by atoms with van der Waals surface area (Å²) in [6, 6.07) is 7.56. The molecular formula is C17H18N4OS. The van der Waals surface area contributed by atoms with Crippen molar-refractivity contribution in [2.75, 3.05) is 5.32 Å². The molecule has 0 unspecified atom stereocenters. The smallest absolute Gasteiger partial charge is 0.262 e. The number of carbonyl (C=O) groups is 1. The monoisotopic (exact) mass is 326 g/mol. The van der Waals surface area contributed by atoms with Crippen molar-refractivity contribution in [1.82, 2.24) is 10.4 Å². The Labute approximate surface area is 138 Å². The van der Waals surface area contributed by atoms with Crippen molar-refractivity contribution < 1.29 is 4.79 Å². The summed E-state index contributed by atoms with van der Waals surface area (Å²) in [4.78, 5) is 16.7. The van der Waals surface area contributed by atoms with Crippen LogP contribution in [0.4, 0.5) is 5.13 Å². The molecule has 1 heterocycles. The van der Waals surface area contributed by atoms with E-state index in [1.54, 1.807) is 11.3 Å². The number of amides is 1. The number of hydrazone groups is 1. The molecule has 6 heteroatoms. The van der Waals surface area contributed by atoms with E-state index in [-0.39, 0.29) is 11.9 Å². The van der Waals surface area contributed by atoms with Gasteiger partial charge in [-0.3, -0.25) is 4.79 Å². The highest BCUT2D eigenvalue weighted by Crippen LogP contribution is 2.40. The predicted octanol–water partition coefficient (Wildman–Crippen LogP) is 3.16. The van der Waals surface area contributed by atoms with Gasteiger partial charge < -0.3 is 5.32 Å². The van der Waals surface area contributed by atoms with E-state index in [4.69, 9.17) is 0 Å². The first-order valence-electron chi connectivity index (χ1n) is 7.86. The molecule has 2 aromatic rings. The van der Waals surface area contributed by atoms with Crippen LogP contribution in [0.15, 0.2) is 41.5 Å². The van der Waals surface area contributed by atoms with Gasteiger partial charge in [-0.15, -0.1) is 0 Å². The Morgan fingerprint density at radius 1 is 1.43 bits per heavy atom. The van der Waals surface area contributed by atoms with Crippen molar-refractivity contribution in [3.63, 3.8) is 0 Å². The Hall–Kier alpha value is -2.21. The zero-order valence-electron chi connectivity index (χ0n) is 12.8. The van der Waals surface area contributed by atoms with Crippen molar-refractivity contribution in [2.45, 2.75) is 25.8 Å². The van der Waals surface area contributed by atoms with Crippen LogP contribution in [-0.4, -0.2) is 22.6 Å². The maximum absolute atomic E-state index is 12.2. The Morgan fingerprint density at radius 3 is 3.13 bits per heavy atom. The molecule has 0 saturated heterocycles. The molecule has 3 atom stereocenters. The third-order valence-electron chi connectivity index (χ3n) is 4.50. The topological polar surface area (TPSA) is 66.4 Å². The number of rotatable bonds is 4. The Morgan fingerprint density at radius 2 is 2.30 bits per heavy atom. The molecule has 23 heavy (non-hydrogen) atoms. The van der Waals surface area contributed by atoms with Crippen LogP contribution in [0.5, 0.6) is 0 Å². The molecule has 118 valence electrons. The third-order valence-corrected chi connectivity index (χ3v) is 5.47. The van der Waals surface area contributed by atoms with Gasteiger partial charge in [0, 0.05) is 11.6 Å². The minimum Gasteiger partial charge on any atom is -0.350 e. The van der Waals surface area contributed by atoms with Crippen LogP contribution in [0.2, 0.25) is 0 Å². The lowest BCUT2D eigenvalue weighted by molar-refractivity contribution is -0.121. The number of para-hydroxylation sites is 1. The van der Waals surface area contributed by atoms with E-state index in [0.717, 1.165) is 33.9 Å². The summed E-state index contributed by atoms with van der Waals surface area (Å²) >= 11 is 1.55. The highest BCUT2D eigenvalue weighted by molar-refractivity contribution is 7.22. The minimum atomic E-state index is -0.377. The van der Waals surface area contributed by atoms with Crippen molar-refractivity contribution >= 4 is 38.3 Å². The fraction of sp³-hybridized carbons (Fsp3) is 0.353. The summed E-state index contributed by atoms with van der Waals surface area (Å²) in [5, 5.41) is 8.20. The van der Waals surface area contributed by atoms with E-state index in [0.29, 0.717) is 11.8 Å². The summed E-state index contributed by atoms with van der Waals surface area (Å²) in [7, 11) is 0. The molecule has 1 amide bonds. The molecule has 0 radical (unpaired) electrons. The summed E-state index contributed by atoms with van der Waals surface area (Å²) in [5.74, 6) is 1.03. The fourth-order valence-corrected chi connectivity index (χ4v) is 4.02. The number of nitrogens with zero attached hydrogens (tertiary/aromatic N) is 2. The van der Waals surface area contributed by atoms with Crippen LogP contribution in [0.25, 0.3) is 10.2 Å². The van der Waals surface area contributed by atoms with Crippen LogP contribution in [0.3, 0.4) is 0 Å². The molecule has 0 bridgehead atoms. The number of hydrogen-bond donors (Lipinski definition) is 2. The van der Waals surface area contributed by atoms with E-state index < -0.39 is 0 Å². The minimum absolute atomic E-state index is 0.133. The molecule has 1 fully saturated rings. The molecule has 1 aromatic carbocycles. The van der Waals surface area contributed by atoms with Crippen molar-refractivity contribution in [2.24, 2.45) is 16.9 Å². The SMILES string of the molecule is C[C@@H](Nc1nc2ccccc2s1)C(=O)N/N=C1/C[C@H]2C=CC[C@H]12. The van der Waals surface area contributed by atoms with E-state index in [9.17, 15) is 4.79 Å². The maximum Gasteiger partial charge on any atom is 0.262 e. The highest BCUT2D eigenvalue weighted by Gasteiger charge is 2.38. The standard InChI is InChI=1S/C17H18N4OS/c1-10(18-17-19-13-7-2-3-8-15(13)23-17)16(22)21-20-14-9-11-5-4-6-12(11)14/h2-5,7-8,10-12H,6,9H2,1H3,(H,18,19)(H,21,22)/b20-14-/t10-,11-,12+/m1/s1. The number of anilines is 1. The average Bonchev–Trinajstić information content (AvgIpc) is 3.10. The molecule has 4 rings (SSSR count). The number of fused-ring (bicyclic) bond motifs is 2. The van der Waals surface area contributed by atoms with Crippen LogP contribution in [0.1, 0.15) is 19.8 Å². The molecule has 1 aromatic heterocycles. The van der Waals surface area contributed by atoms with Gasteiger partial charge in [0.05, 0.1) is 10.2 Å². The second-order valence-corrected chi connectivity index (χ2v) is 7.10. The zero-order chi connectivity index (χ0) is 15.8. The molecule has 0 spiro atoms. The Balaban J connectivity index is 1.36. The van der Waals surface area contributed by atoms with Crippen LogP contribution < -0.4 is 10.7 Å². The fourth-order valence-electron chi connectivity index (χ4n) is 3.07. The van der Waals surface area contributed by atoms with Crippen molar-refractivity contribution in [3.05, 3.63) is 36.4 Å². The second-order valence-electron chi connectivity index (χ2n) is 6.07. The highest BCUT2D eigenvalue weighted by atomic mass is 32.1. The molecule has 2 aliphatic carbocycles. The average molecular weight is 326 g/mol. The number of nitrogens with one attached hydrogen (secondary N) is 2. The lowest BCUT2D eigenvalue weighted by Crippen LogP contribution is -2.39. The normalized spacial score (nSPS) is 25.2. The van der Waals surface area contributed by atoms with Gasteiger partial charge in [0.15, 0.2) is 5.13 Å². The van der Waals surface area contributed by atoms with Crippen LogP contribution in [-0.2, 0) is 4.79 Å². The number of thiazole rings is 1. The third kappa shape index (κ3) is 2.74. The zero-order valence-corrected chi connectivity index (χ0v) is 13.6. The van der Waals surface area contributed by atoms with Gasteiger partial charge in [-0.25, -0.2) is 10.4 Å². The van der Waals surface area contributed by atoms with Gasteiger partial charge in [-0.1, -0.05) is 35.6 Å². The summed E-state index contributed by atoms with van der Waals surface area (Å²) in [6.07, 6.45) is 6.49. The van der Waals surface area contributed by atoms with Gasteiger partial charge in [0.25, 0.3) is 5.91 Å². The Bertz CT molecular complexity index is 777. The molecule has 5 nitrogen and oxygen atoms in total. The quantitative estimate of drug-likeness (QED) is 0.670. The molecule has 0 aliphatic heterocycles. The van der Waals surface area contributed by atoms with E-state index in [1.165, 1.54) is 0 Å². The van der Waals surface area contributed by atoms with Crippen molar-refractivity contribution in [3.8, 4) is 0 Å². The summed E-state index contributed by atoms with van der Waals surface area (Å²) < 4.78 is 1.11.